The molecule has 0 aromatic carbocycles. The molecule has 0 spiro atoms. The standard InChI is InChI=1S/C53H98NO7P/c1-6-8-10-12-14-16-18-20-22-24-25-26-27-28-29-30-32-34-36-38-40-42-44-46-53(55)61-52(51-60-62(56,57)59-49-47-54(3,4)5)50-58-48-45-43-41-39-37-35-33-31-23-21-19-17-15-13-11-9-7-2/h17-20,23-25,27-28,31,52H,6-16,21-22,26,29-30,32-51H2,1-5H3/b19-17-,20-18-,25-24-,28-27-,31-23-. The number of phosphoric acid groups is 1. The zero-order valence-electron chi connectivity index (χ0n) is 41.1. The van der Waals surface area contributed by atoms with E-state index in [0.29, 0.717) is 24.1 Å². The molecular formula is C53H98NO7P. The molecule has 0 aromatic rings. The van der Waals surface area contributed by atoms with Crippen molar-refractivity contribution in [3.05, 3.63) is 60.8 Å². The topological polar surface area (TPSA) is 94.1 Å². The molecule has 0 bridgehead atoms. The minimum atomic E-state index is -4.54. The molecule has 2 atom stereocenters. The molecule has 0 radical (unpaired) electrons. The van der Waals surface area contributed by atoms with Crippen molar-refractivity contribution in [2.75, 3.05) is 54.1 Å². The molecule has 0 amide bonds. The lowest BCUT2D eigenvalue weighted by Gasteiger charge is -2.28. The van der Waals surface area contributed by atoms with E-state index in [0.717, 1.165) is 70.6 Å². The van der Waals surface area contributed by atoms with Crippen molar-refractivity contribution in [2.24, 2.45) is 0 Å². The van der Waals surface area contributed by atoms with Crippen molar-refractivity contribution in [3.63, 3.8) is 0 Å². The average Bonchev–Trinajstić information content (AvgIpc) is 3.23. The van der Waals surface area contributed by atoms with Gasteiger partial charge in [-0.1, -0.05) is 184 Å². The Kier molecular flexibility index (Phi) is 44.4. The number of allylic oxidation sites excluding steroid dienone is 10. The fraction of sp³-hybridized carbons (Fsp3) is 0.792. The van der Waals surface area contributed by atoms with Crippen LogP contribution in [0.15, 0.2) is 60.8 Å². The lowest BCUT2D eigenvalue weighted by atomic mass is 10.1. The molecule has 0 aliphatic rings. The number of carbonyl (C=O) groups excluding carboxylic acids is 1. The number of nitrogens with zero attached hydrogens (tertiary/aromatic N) is 1. The Morgan fingerprint density at radius 2 is 0.887 bits per heavy atom. The van der Waals surface area contributed by atoms with Gasteiger partial charge in [0, 0.05) is 13.0 Å². The summed E-state index contributed by atoms with van der Waals surface area (Å²) in [6.45, 7) is 5.36. The molecule has 0 saturated heterocycles. The molecule has 362 valence electrons. The van der Waals surface area contributed by atoms with Crippen LogP contribution >= 0.6 is 7.82 Å². The predicted octanol–water partition coefficient (Wildman–Crippen LogP) is 15.0. The fourth-order valence-electron chi connectivity index (χ4n) is 6.82. The Bertz CT molecular complexity index is 1170. The molecule has 0 rings (SSSR count). The first-order chi connectivity index (χ1) is 30.1. The van der Waals surface area contributed by atoms with Crippen molar-refractivity contribution >= 4 is 13.8 Å². The predicted molar refractivity (Wildman–Crippen MR) is 263 cm³/mol. The number of unbranched alkanes of at least 4 members (excludes halogenated alkanes) is 23. The van der Waals surface area contributed by atoms with Crippen LogP contribution in [-0.4, -0.2) is 70.7 Å². The van der Waals surface area contributed by atoms with Crippen LogP contribution < -0.4 is 4.89 Å². The van der Waals surface area contributed by atoms with E-state index in [4.69, 9.17) is 18.5 Å². The van der Waals surface area contributed by atoms with Gasteiger partial charge in [-0.05, 0) is 83.5 Å². The van der Waals surface area contributed by atoms with Gasteiger partial charge in [-0.15, -0.1) is 0 Å². The van der Waals surface area contributed by atoms with E-state index < -0.39 is 13.9 Å². The molecule has 0 aliphatic heterocycles. The van der Waals surface area contributed by atoms with Crippen LogP contribution in [0.3, 0.4) is 0 Å². The molecule has 0 aliphatic carbocycles. The molecule has 8 nitrogen and oxygen atoms in total. The van der Waals surface area contributed by atoms with Gasteiger partial charge in [0.15, 0.2) is 0 Å². The van der Waals surface area contributed by atoms with Crippen molar-refractivity contribution in [1.29, 1.82) is 0 Å². The molecule has 0 heterocycles. The van der Waals surface area contributed by atoms with Crippen LogP contribution in [0.25, 0.3) is 0 Å². The highest BCUT2D eigenvalue weighted by Gasteiger charge is 2.20. The van der Waals surface area contributed by atoms with Gasteiger partial charge in [0.1, 0.15) is 19.3 Å². The first kappa shape index (κ1) is 60.2. The molecular weight excluding hydrogens is 794 g/mol. The van der Waals surface area contributed by atoms with E-state index in [-0.39, 0.29) is 25.8 Å². The second-order valence-corrected chi connectivity index (χ2v) is 19.6. The van der Waals surface area contributed by atoms with E-state index in [1.54, 1.807) is 0 Å². The minimum absolute atomic E-state index is 0.0200. The highest BCUT2D eigenvalue weighted by atomic mass is 31.2. The van der Waals surface area contributed by atoms with Crippen molar-refractivity contribution in [1.82, 2.24) is 0 Å². The number of rotatable bonds is 47. The monoisotopic (exact) mass is 892 g/mol. The summed E-state index contributed by atoms with van der Waals surface area (Å²) in [6.07, 6.45) is 58.1. The second kappa shape index (κ2) is 45.8. The van der Waals surface area contributed by atoms with E-state index in [2.05, 4.69) is 74.6 Å². The summed E-state index contributed by atoms with van der Waals surface area (Å²) < 4.78 is 34.7. The number of phosphoric ester groups is 1. The molecule has 2 unspecified atom stereocenters. The number of esters is 1. The molecule has 0 saturated carbocycles. The van der Waals surface area contributed by atoms with Gasteiger partial charge in [-0.3, -0.25) is 9.36 Å². The van der Waals surface area contributed by atoms with Crippen molar-refractivity contribution in [3.8, 4) is 0 Å². The maximum atomic E-state index is 12.7. The summed E-state index contributed by atoms with van der Waals surface area (Å²) >= 11 is 0. The minimum Gasteiger partial charge on any atom is -0.756 e. The lowest BCUT2D eigenvalue weighted by molar-refractivity contribution is -0.870. The van der Waals surface area contributed by atoms with Crippen LogP contribution in [0, 0.1) is 0 Å². The Morgan fingerprint density at radius 1 is 0.500 bits per heavy atom. The van der Waals surface area contributed by atoms with Gasteiger partial charge in [0.2, 0.25) is 0 Å². The summed E-state index contributed by atoms with van der Waals surface area (Å²) in [5.41, 5.74) is 0. The third-order valence-electron chi connectivity index (χ3n) is 10.8. The highest BCUT2D eigenvalue weighted by molar-refractivity contribution is 7.45. The summed E-state index contributed by atoms with van der Waals surface area (Å²) in [5.74, 6) is -0.345. The number of quaternary nitrogens is 1. The zero-order valence-corrected chi connectivity index (χ0v) is 42.0. The van der Waals surface area contributed by atoms with E-state index >= 15 is 0 Å². The van der Waals surface area contributed by atoms with Crippen LogP contribution in [0.5, 0.6) is 0 Å². The number of likely N-dealkylation sites (N-methyl/N-ethyl adjacent to an activating group) is 1. The van der Waals surface area contributed by atoms with Gasteiger partial charge in [-0.2, -0.15) is 0 Å². The van der Waals surface area contributed by atoms with Crippen LogP contribution in [0.4, 0.5) is 0 Å². The summed E-state index contributed by atoms with van der Waals surface area (Å²) in [4.78, 5) is 25.2. The molecule has 0 aromatic heterocycles. The Morgan fingerprint density at radius 3 is 1.34 bits per heavy atom. The molecule has 62 heavy (non-hydrogen) atoms. The quantitative estimate of drug-likeness (QED) is 0.0197. The third kappa shape index (κ3) is 49.2. The van der Waals surface area contributed by atoms with Crippen molar-refractivity contribution in [2.45, 2.75) is 219 Å². The summed E-state index contributed by atoms with van der Waals surface area (Å²) in [5, 5.41) is 0. The number of carbonyl (C=O) groups is 1. The Balaban J connectivity index is 4.19. The van der Waals surface area contributed by atoms with Gasteiger partial charge in [0.25, 0.3) is 7.82 Å². The van der Waals surface area contributed by atoms with Crippen molar-refractivity contribution < 1.29 is 37.3 Å². The highest BCUT2D eigenvalue weighted by Crippen LogP contribution is 2.38. The molecule has 0 fully saturated rings. The van der Waals surface area contributed by atoms with Crippen LogP contribution in [-0.2, 0) is 27.9 Å². The Hall–Kier alpha value is -1.80. The lowest BCUT2D eigenvalue weighted by Crippen LogP contribution is -2.37. The summed E-state index contributed by atoms with van der Waals surface area (Å²) in [6, 6.07) is 0. The normalized spacial score (nSPS) is 14.1. The number of hydrogen-bond donors (Lipinski definition) is 0. The maximum absolute atomic E-state index is 12.7. The van der Waals surface area contributed by atoms with E-state index in [1.807, 2.05) is 21.1 Å². The largest absolute Gasteiger partial charge is 0.756 e. The zero-order chi connectivity index (χ0) is 45.5. The fourth-order valence-corrected chi connectivity index (χ4v) is 7.55. The smallest absolute Gasteiger partial charge is 0.306 e. The molecule has 9 heteroatoms. The van der Waals surface area contributed by atoms with Gasteiger partial charge >= 0.3 is 5.97 Å². The van der Waals surface area contributed by atoms with Gasteiger partial charge in [-0.25, -0.2) is 0 Å². The Labute approximate surface area is 383 Å². The van der Waals surface area contributed by atoms with Crippen LogP contribution in [0.1, 0.15) is 213 Å². The van der Waals surface area contributed by atoms with Gasteiger partial charge in [0.05, 0.1) is 34.4 Å². The van der Waals surface area contributed by atoms with Gasteiger partial charge < -0.3 is 27.9 Å². The maximum Gasteiger partial charge on any atom is 0.306 e. The molecule has 0 N–H and O–H groups in total. The second-order valence-electron chi connectivity index (χ2n) is 18.2. The van der Waals surface area contributed by atoms with E-state index in [9.17, 15) is 14.3 Å². The first-order valence-electron chi connectivity index (χ1n) is 25.5. The number of hydrogen-bond acceptors (Lipinski definition) is 7. The SMILES string of the molecule is CCCCCC/C=C\C/C=C\CCCCCCCCOCC(COP(=O)([O-])OCC[N+](C)(C)C)OC(=O)CCCCCCCCCC/C=C\C/C=C\C/C=C\CCCCCCC. The number of ether oxygens (including phenoxy) is 2. The van der Waals surface area contributed by atoms with Crippen LogP contribution in [0.2, 0.25) is 0 Å². The summed E-state index contributed by atoms with van der Waals surface area (Å²) in [7, 11) is 1.34. The first-order valence-corrected chi connectivity index (χ1v) is 27.0. The third-order valence-corrected chi connectivity index (χ3v) is 11.8. The average molecular weight is 892 g/mol. The van der Waals surface area contributed by atoms with E-state index in [1.165, 1.54) is 122 Å².